The van der Waals surface area contributed by atoms with Crippen LogP contribution >= 0.6 is 38.6 Å². The Balaban J connectivity index is 0.000000211. The molecule has 0 unspecified atom stereocenters. The van der Waals surface area contributed by atoms with Gasteiger partial charge in [-0.15, -0.1) is 22.7 Å². The summed E-state index contributed by atoms with van der Waals surface area (Å²) >= 11 is 6.00. The number of aromatic nitrogens is 2. The molecule has 4 heterocycles. The summed E-state index contributed by atoms with van der Waals surface area (Å²) < 4.78 is 85.0. The minimum absolute atomic E-state index is 0. The topological polar surface area (TPSA) is 211 Å². The average molecular weight is 1090 g/mol. The Morgan fingerprint density at radius 1 is 0.652 bits per heavy atom. The summed E-state index contributed by atoms with van der Waals surface area (Å²) in [6.07, 6.45) is 5.78. The molecule has 2 aliphatic rings. The maximum absolute atomic E-state index is 13.9. The quantitative estimate of drug-likeness (QED) is 0.101. The fourth-order valence-corrected chi connectivity index (χ4v) is 12.7. The summed E-state index contributed by atoms with van der Waals surface area (Å²) in [4.78, 5) is 36.7. The van der Waals surface area contributed by atoms with Gasteiger partial charge in [-0.3, -0.25) is 9.59 Å². The number of benzene rings is 4. The van der Waals surface area contributed by atoms with Crippen molar-refractivity contribution in [2.75, 3.05) is 34.4 Å². The van der Waals surface area contributed by atoms with Gasteiger partial charge in [0.1, 0.15) is 21.6 Å². The van der Waals surface area contributed by atoms with Crippen molar-refractivity contribution >= 4 is 93.2 Å². The predicted molar refractivity (Wildman–Crippen MR) is 278 cm³/mol. The van der Waals surface area contributed by atoms with Crippen molar-refractivity contribution in [1.29, 1.82) is 0 Å². The number of nitrogens with two attached hydrogens (primary N) is 2. The standard InChI is InChI=1S/C23H25FN4O3S2.C15H22N2O3S.C9H6BrFN2S.CH4/c1-23(2,3)27-33(30,31)20-12-15(28-10-4-5-21(28)29)7-8-16(20)19-13-26-22(32-19)14-6-9-18(25)17(24)11-14;1-11-7-8-12(17-9-5-6-14(17)18)10-13(11)21(19,20)16-15(2,3)4;10-8-4-13-9(14-8)5-1-2-7(12)6(11)3-5;/h6-9,11-13,27H,4-5,10,25H2,1-3H3;7-8,10,16H,5-6,9H2,1-4H3;1-4H,12H2;1H4. The second-order valence-corrected chi connectivity index (χ2v) is 24.9. The first-order chi connectivity index (χ1) is 31.7. The zero-order valence-electron chi connectivity index (χ0n) is 38.5. The Labute approximate surface area is 419 Å². The van der Waals surface area contributed by atoms with Crippen LogP contribution in [0.25, 0.3) is 31.6 Å². The van der Waals surface area contributed by atoms with E-state index in [-0.39, 0.29) is 40.4 Å². The van der Waals surface area contributed by atoms with Crippen molar-refractivity contribution in [3.8, 4) is 31.6 Å². The summed E-state index contributed by atoms with van der Waals surface area (Å²) in [6.45, 7) is 13.6. The molecule has 2 saturated heterocycles. The number of hydrogen-bond donors (Lipinski definition) is 4. The van der Waals surface area contributed by atoms with E-state index in [2.05, 4.69) is 35.3 Å². The van der Waals surface area contributed by atoms with E-state index in [1.54, 1.807) is 119 Å². The number of carbonyl (C=O) groups is 2. The van der Waals surface area contributed by atoms with Crippen LogP contribution in [0.3, 0.4) is 0 Å². The molecule has 0 saturated carbocycles. The molecule has 69 heavy (non-hydrogen) atoms. The van der Waals surface area contributed by atoms with E-state index in [9.17, 15) is 35.2 Å². The third-order valence-electron chi connectivity index (χ3n) is 10.1. The second kappa shape index (κ2) is 21.9. The largest absolute Gasteiger partial charge is 0.396 e. The first-order valence-corrected chi connectivity index (χ1v) is 26.7. The van der Waals surface area contributed by atoms with Crippen LogP contribution in [0.4, 0.5) is 31.5 Å². The van der Waals surface area contributed by atoms with Gasteiger partial charge in [-0.1, -0.05) is 19.6 Å². The van der Waals surface area contributed by atoms with Crippen molar-refractivity contribution < 1.29 is 35.2 Å². The van der Waals surface area contributed by atoms with Crippen LogP contribution in [0.5, 0.6) is 0 Å². The molecular weight excluding hydrogens is 1030 g/mol. The third-order valence-corrected chi connectivity index (χ3v) is 16.4. The van der Waals surface area contributed by atoms with Crippen molar-refractivity contribution in [1.82, 2.24) is 19.4 Å². The number of carbonyl (C=O) groups excluding carboxylic acids is 2. The van der Waals surface area contributed by atoms with Gasteiger partial charge in [0.15, 0.2) is 0 Å². The number of sulfonamides is 2. The molecule has 2 aromatic heterocycles. The molecule has 8 rings (SSSR count). The van der Waals surface area contributed by atoms with Crippen molar-refractivity contribution in [2.45, 2.75) is 102 Å². The van der Waals surface area contributed by atoms with Crippen molar-refractivity contribution in [3.05, 3.63) is 106 Å². The van der Waals surface area contributed by atoms with E-state index in [0.717, 1.165) is 27.2 Å². The summed E-state index contributed by atoms with van der Waals surface area (Å²) in [6, 6.07) is 19.2. The number of nitrogen functional groups attached to an aromatic ring is 2. The number of aryl methyl sites for hydroxylation is 1. The molecule has 21 heteroatoms. The highest BCUT2D eigenvalue weighted by Crippen LogP contribution is 2.39. The molecule has 6 aromatic rings. The van der Waals surface area contributed by atoms with Crippen LogP contribution in [0.1, 0.15) is 80.2 Å². The lowest BCUT2D eigenvalue weighted by atomic mass is 10.1. The first-order valence-electron chi connectivity index (χ1n) is 21.3. The molecule has 2 amide bonds. The van der Waals surface area contributed by atoms with Crippen molar-refractivity contribution in [3.63, 3.8) is 0 Å². The molecule has 0 radical (unpaired) electrons. The normalized spacial score (nSPS) is 14.2. The summed E-state index contributed by atoms with van der Waals surface area (Å²) in [5, 5.41) is 1.31. The fourth-order valence-electron chi connectivity index (χ4n) is 7.15. The first kappa shape index (κ1) is 54.8. The van der Waals surface area contributed by atoms with Gasteiger partial charge in [-0.05, 0) is 143 Å². The zero-order valence-corrected chi connectivity index (χ0v) is 43.3. The molecule has 2 aliphatic heterocycles. The van der Waals surface area contributed by atoms with Crippen LogP contribution < -0.4 is 30.7 Å². The number of nitrogens with one attached hydrogen (secondary N) is 2. The smallest absolute Gasteiger partial charge is 0.241 e. The van der Waals surface area contributed by atoms with Gasteiger partial charge in [0.25, 0.3) is 0 Å². The van der Waals surface area contributed by atoms with Crippen LogP contribution in [0, 0.1) is 18.6 Å². The van der Waals surface area contributed by atoms with Gasteiger partial charge < -0.3 is 21.3 Å². The lowest BCUT2D eigenvalue weighted by Crippen LogP contribution is -2.40. The Kier molecular flexibility index (Phi) is 17.4. The average Bonchev–Trinajstić information content (AvgIpc) is 4.08. The molecule has 0 atom stereocenters. The minimum Gasteiger partial charge on any atom is -0.396 e. The highest BCUT2D eigenvalue weighted by atomic mass is 79.9. The van der Waals surface area contributed by atoms with E-state index in [1.807, 2.05) is 0 Å². The summed E-state index contributed by atoms with van der Waals surface area (Å²) in [5.74, 6) is -0.929. The maximum atomic E-state index is 13.9. The van der Waals surface area contributed by atoms with Gasteiger partial charge in [-0.2, -0.15) is 0 Å². The van der Waals surface area contributed by atoms with E-state index in [1.165, 1.54) is 46.9 Å². The zero-order chi connectivity index (χ0) is 49.9. The molecule has 14 nitrogen and oxygen atoms in total. The third kappa shape index (κ3) is 14.0. The molecule has 4 aromatic carbocycles. The number of amides is 2. The molecule has 0 bridgehead atoms. The van der Waals surface area contributed by atoms with Crippen LogP contribution in [0.15, 0.2) is 98.8 Å². The molecule has 2 fully saturated rings. The SMILES string of the molecule is C.CC(C)(C)NS(=O)(=O)c1cc(N2CCCC2=O)ccc1-c1cnc(-c2ccc(N)c(F)c2)s1.Cc1ccc(N2CCCC2=O)cc1S(=O)(=O)NC(C)(C)C.Nc1ccc(-c2ncc(Br)s2)cc1F. The van der Waals surface area contributed by atoms with Crippen LogP contribution in [-0.4, -0.2) is 62.8 Å². The summed E-state index contributed by atoms with van der Waals surface area (Å²) in [7, 11) is -7.53. The van der Waals surface area contributed by atoms with E-state index in [4.69, 9.17) is 11.5 Å². The van der Waals surface area contributed by atoms with E-state index < -0.39 is 42.8 Å². The van der Waals surface area contributed by atoms with Crippen LogP contribution in [-0.2, 0) is 29.6 Å². The lowest BCUT2D eigenvalue weighted by Gasteiger charge is -2.23. The van der Waals surface area contributed by atoms with E-state index in [0.29, 0.717) is 63.9 Å². The predicted octanol–water partition coefficient (Wildman–Crippen LogP) is 10.5. The number of halogens is 3. The van der Waals surface area contributed by atoms with Gasteiger partial charge in [-0.25, -0.2) is 45.0 Å². The van der Waals surface area contributed by atoms with E-state index >= 15 is 0 Å². The Bertz CT molecular complexity index is 3080. The highest BCUT2D eigenvalue weighted by Gasteiger charge is 2.30. The second-order valence-electron chi connectivity index (χ2n) is 18.1. The van der Waals surface area contributed by atoms with Crippen LogP contribution in [0.2, 0.25) is 0 Å². The molecule has 6 N–H and O–H groups in total. The molecular formula is C48H57BrF2N8O6S4. The Morgan fingerprint density at radius 2 is 1.10 bits per heavy atom. The number of thiazole rings is 2. The number of hydrogen-bond acceptors (Lipinski definition) is 12. The minimum atomic E-state index is -3.92. The van der Waals surface area contributed by atoms with Gasteiger partial charge in [0.05, 0.1) is 36.0 Å². The molecule has 0 spiro atoms. The number of nitrogens with zero attached hydrogens (tertiary/aromatic N) is 4. The molecule has 0 aliphatic carbocycles. The van der Waals surface area contributed by atoms with Gasteiger partial charge in [0.2, 0.25) is 31.9 Å². The lowest BCUT2D eigenvalue weighted by molar-refractivity contribution is -0.117. The summed E-state index contributed by atoms with van der Waals surface area (Å²) in [5.41, 5.74) is 13.5. The van der Waals surface area contributed by atoms with Gasteiger partial charge >= 0.3 is 0 Å². The van der Waals surface area contributed by atoms with Gasteiger partial charge in [0, 0.05) is 71.3 Å². The Morgan fingerprint density at radius 3 is 1.54 bits per heavy atom. The monoisotopic (exact) mass is 1090 g/mol. The Hall–Kier alpha value is -5.16. The maximum Gasteiger partial charge on any atom is 0.241 e. The molecule has 370 valence electrons. The highest BCUT2D eigenvalue weighted by molar-refractivity contribution is 9.11. The fraction of sp³-hybridized carbons (Fsp3) is 0.333. The number of rotatable bonds is 9. The number of anilines is 4. The van der Waals surface area contributed by atoms with Crippen molar-refractivity contribution in [2.24, 2.45) is 0 Å².